The van der Waals surface area contributed by atoms with Gasteiger partial charge in [0.1, 0.15) is 0 Å². The molecule has 1 amide bonds. The molecule has 0 aliphatic carbocycles. The molecule has 1 rings (SSSR count). The van der Waals surface area contributed by atoms with Crippen LogP contribution in [0.5, 0.6) is 0 Å². The Kier molecular flexibility index (Phi) is 3.54. The maximum Gasteiger partial charge on any atom is 0.455 e. The van der Waals surface area contributed by atoms with Crippen LogP contribution in [0.4, 0.5) is 5.69 Å². The van der Waals surface area contributed by atoms with Gasteiger partial charge in [0.15, 0.2) is 6.07 Å². The summed E-state index contributed by atoms with van der Waals surface area (Å²) >= 11 is 0. The third-order valence-electron chi connectivity index (χ3n) is 2.13. The lowest BCUT2D eigenvalue weighted by molar-refractivity contribution is -0.116. The zero-order chi connectivity index (χ0) is 12.1. The molecule has 0 bridgehead atoms. The molecule has 0 N–H and O–H groups in total. The Morgan fingerprint density at radius 1 is 1.44 bits per heavy atom. The summed E-state index contributed by atoms with van der Waals surface area (Å²) < 4.78 is 0. The fourth-order valence-electron chi connectivity index (χ4n) is 1.16. The molecule has 5 heteroatoms. The molecule has 0 aliphatic heterocycles. The second-order valence-corrected chi connectivity index (χ2v) is 3.26. The van der Waals surface area contributed by atoms with E-state index in [1.165, 1.54) is 18.0 Å². The first kappa shape index (κ1) is 11.6. The van der Waals surface area contributed by atoms with E-state index in [1.54, 1.807) is 12.1 Å². The molecule has 0 aliphatic rings. The molecule has 0 spiro atoms. The molecule has 1 aromatic rings. The Balaban J connectivity index is 3.00. The predicted octanol–water partition coefficient (Wildman–Crippen LogP) is 1.15. The van der Waals surface area contributed by atoms with Crippen molar-refractivity contribution >= 4 is 17.3 Å². The van der Waals surface area contributed by atoms with Gasteiger partial charge < -0.3 is 10.4 Å². The quantitative estimate of drug-likeness (QED) is 0.420. The summed E-state index contributed by atoms with van der Waals surface area (Å²) in [7, 11) is 1.51. The van der Waals surface area contributed by atoms with Crippen molar-refractivity contribution in [3.8, 4) is 6.07 Å². The van der Waals surface area contributed by atoms with Crippen LogP contribution >= 0.6 is 0 Å². The average Bonchev–Trinajstić information content (AvgIpc) is 2.30. The molecule has 16 heavy (non-hydrogen) atoms. The average molecular weight is 214 g/mol. The molecular weight excluding hydrogens is 204 g/mol. The number of nitrogens with zero attached hydrogens (tertiary/aromatic N) is 4. The van der Waals surface area contributed by atoms with Gasteiger partial charge >= 0.3 is 11.6 Å². The van der Waals surface area contributed by atoms with Crippen LogP contribution in [0.15, 0.2) is 24.3 Å². The molecule has 0 heterocycles. The number of nitriles is 1. The fraction of sp³-hybridized carbons (Fsp3) is 0.182. The summed E-state index contributed by atoms with van der Waals surface area (Å²) in [5.74, 6) is -0.645. The molecular formula is C11H10N4O. The van der Waals surface area contributed by atoms with Gasteiger partial charge in [-0.1, -0.05) is 17.7 Å². The SMILES string of the molecule is Cc1ccc(N(C)C(=O)C(C#N)=[N+]=[N-])cc1. The van der Waals surface area contributed by atoms with Crippen LogP contribution in [-0.4, -0.2) is 23.5 Å². The molecule has 0 aromatic heterocycles. The van der Waals surface area contributed by atoms with Crippen molar-refractivity contribution in [2.45, 2.75) is 6.92 Å². The molecule has 5 nitrogen and oxygen atoms in total. The smallest absolute Gasteiger partial charge is 0.360 e. The van der Waals surface area contributed by atoms with E-state index in [1.807, 2.05) is 19.1 Å². The molecule has 0 fully saturated rings. The molecule has 0 saturated carbocycles. The first-order chi connectivity index (χ1) is 7.60. The highest BCUT2D eigenvalue weighted by Gasteiger charge is 2.24. The number of hydrogen-bond donors (Lipinski definition) is 0. The van der Waals surface area contributed by atoms with Gasteiger partial charge in [0, 0.05) is 12.7 Å². The number of amides is 1. The van der Waals surface area contributed by atoms with Crippen molar-refractivity contribution < 1.29 is 9.58 Å². The van der Waals surface area contributed by atoms with E-state index in [2.05, 4.69) is 4.79 Å². The number of hydrogen-bond acceptors (Lipinski definition) is 2. The van der Waals surface area contributed by atoms with Crippen LogP contribution in [0.25, 0.3) is 5.53 Å². The largest absolute Gasteiger partial charge is 0.455 e. The summed E-state index contributed by atoms with van der Waals surface area (Å²) in [5.41, 5.74) is 9.62. The maximum atomic E-state index is 11.6. The molecule has 80 valence electrons. The van der Waals surface area contributed by atoms with Gasteiger partial charge in [-0.05, 0) is 19.1 Å². The monoisotopic (exact) mass is 214 g/mol. The zero-order valence-electron chi connectivity index (χ0n) is 9.01. The third-order valence-corrected chi connectivity index (χ3v) is 2.13. The Labute approximate surface area is 93.2 Å². The topological polar surface area (TPSA) is 80.5 Å². The summed E-state index contributed by atoms with van der Waals surface area (Å²) in [6.45, 7) is 1.93. The molecule has 0 atom stereocenters. The lowest BCUT2D eigenvalue weighted by Crippen LogP contribution is -2.33. The van der Waals surface area contributed by atoms with Gasteiger partial charge in [-0.15, -0.1) is 4.79 Å². The Morgan fingerprint density at radius 3 is 2.44 bits per heavy atom. The minimum absolute atomic E-state index is 0.539. The number of anilines is 1. The van der Waals surface area contributed by atoms with Crippen LogP contribution < -0.4 is 4.90 Å². The first-order valence-corrected chi connectivity index (χ1v) is 4.57. The molecule has 0 radical (unpaired) electrons. The van der Waals surface area contributed by atoms with Gasteiger partial charge in [-0.25, -0.2) is 0 Å². The normalized spacial score (nSPS) is 8.81. The van der Waals surface area contributed by atoms with E-state index >= 15 is 0 Å². The van der Waals surface area contributed by atoms with Gasteiger partial charge in [-0.3, -0.25) is 4.79 Å². The Bertz CT molecular complexity index is 492. The minimum atomic E-state index is -0.645. The van der Waals surface area contributed by atoms with Crippen LogP contribution in [0.1, 0.15) is 5.56 Å². The molecule has 0 unspecified atom stereocenters. The second kappa shape index (κ2) is 4.87. The fourth-order valence-corrected chi connectivity index (χ4v) is 1.16. The summed E-state index contributed by atoms with van der Waals surface area (Å²) in [6.07, 6.45) is 0. The number of carbonyl (C=O) groups is 1. The third kappa shape index (κ3) is 2.32. The lowest BCUT2D eigenvalue weighted by atomic mass is 10.2. The van der Waals surface area contributed by atoms with E-state index in [-0.39, 0.29) is 0 Å². The van der Waals surface area contributed by atoms with E-state index in [0.717, 1.165) is 5.56 Å². The van der Waals surface area contributed by atoms with E-state index in [9.17, 15) is 4.79 Å². The van der Waals surface area contributed by atoms with Gasteiger partial charge in [0.05, 0.1) is 0 Å². The summed E-state index contributed by atoms with van der Waals surface area (Å²) in [6, 6.07) is 8.72. The van der Waals surface area contributed by atoms with Crippen LogP contribution in [0.2, 0.25) is 0 Å². The maximum absolute atomic E-state index is 11.6. The van der Waals surface area contributed by atoms with Crippen LogP contribution in [0.3, 0.4) is 0 Å². The van der Waals surface area contributed by atoms with Crippen LogP contribution in [0, 0.1) is 18.3 Å². The van der Waals surface area contributed by atoms with Crippen molar-refractivity contribution in [1.82, 2.24) is 0 Å². The number of carbonyl (C=O) groups excluding carboxylic acids is 1. The van der Waals surface area contributed by atoms with Gasteiger partial charge in [-0.2, -0.15) is 5.26 Å². The minimum Gasteiger partial charge on any atom is -0.360 e. The van der Waals surface area contributed by atoms with Crippen molar-refractivity contribution in [2.24, 2.45) is 0 Å². The van der Waals surface area contributed by atoms with E-state index in [4.69, 9.17) is 10.8 Å². The number of aryl methyl sites for hydroxylation is 1. The van der Waals surface area contributed by atoms with E-state index < -0.39 is 11.6 Å². The Morgan fingerprint density at radius 2 is 2.00 bits per heavy atom. The van der Waals surface area contributed by atoms with E-state index in [0.29, 0.717) is 5.69 Å². The lowest BCUT2D eigenvalue weighted by Gasteiger charge is -2.13. The molecule has 1 aromatic carbocycles. The highest BCUT2D eigenvalue weighted by molar-refractivity contribution is 6.46. The van der Waals surface area contributed by atoms with Crippen LogP contribution in [-0.2, 0) is 4.79 Å². The number of benzene rings is 1. The zero-order valence-corrected chi connectivity index (χ0v) is 9.01. The highest BCUT2D eigenvalue weighted by atomic mass is 16.2. The summed E-state index contributed by atoms with van der Waals surface area (Å²) in [5, 5.41) is 8.55. The Hall–Kier alpha value is -2.44. The summed E-state index contributed by atoms with van der Waals surface area (Å²) in [4.78, 5) is 15.5. The van der Waals surface area contributed by atoms with Crippen molar-refractivity contribution in [3.05, 3.63) is 35.4 Å². The van der Waals surface area contributed by atoms with Crippen molar-refractivity contribution in [2.75, 3.05) is 11.9 Å². The van der Waals surface area contributed by atoms with Crippen molar-refractivity contribution in [3.63, 3.8) is 0 Å². The number of rotatable bonds is 2. The standard InChI is InChI=1S/C11H10N4O/c1-8-3-5-9(6-4-8)15(2)11(16)10(7-12)14-13/h3-6H,1-2H3. The van der Waals surface area contributed by atoms with Gasteiger partial charge in [0.25, 0.3) is 0 Å². The first-order valence-electron chi connectivity index (χ1n) is 4.57. The predicted molar refractivity (Wildman–Crippen MR) is 58.8 cm³/mol. The highest BCUT2D eigenvalue weighted by Crippen LogP contribution is 2.13. The second-order valence-electron chi connectivity index (χ2n) is 3.26. The van der Waals surface area contributed by atoms with Gasteiger partial charge in [0.2, 0.25) is 0 Å². The molecule has 0 saturated heterocycles. The van der Waals surface area contributed by atoms with Crippen molar-refractivity contribution in [1.29, 1.82) is 5.26 Å².